The first-order valence-electron chi connectivity index (χ1n) is 5.38. The Bertz CT molecular complexity index is 448. The number of hydrogen-bond acceptors (Lipinski definition) is 1. The van der Waals surface area contributed by atoms with Crippen molar-refractivity contribution in [3.63, 3.8) is 0 Å². The summed E-state index contributed by atoms with van der Waals surface area (Å²) >= 11 is 0. The summed E-state index contributed by atoms with van der Waals surface area (Å²) in [7, 11) is -1.60. The zero-order valence-electron chi connectivity index (χ0n) is 9.57. The molecular weight excluding hydrogens is 212 g/mol. The predicted molar refractivity (Wildman–Crippen MR) is 69.6 cm³/mol. The van der Waals surface area contributed by atoms with E-state index in [0.717, 1.165) is 10.4 Å². The minimum absolute atomic E-state index is 1.09. The van der Waals surface area contributed by atoms with Gasteiger partial charge in [0.15, 0.2) is 0 Å². The van der Waals surface area contributed by atoms with Crippen LogP contribution >= 0.6 is 0 Å². The number of benzene rings is 2. The second-order valence-corrected chi connectivity index (χ2v) is 5.75. The van der Waals surface area contributed by atoms with Gasteiger partial charge in [0.2, 0.25) is 0 Å². The van der Waals surface area contributed by atoms with Crippen LogP contribution < -0.4 is 10.4 Å². The van der Waals surface area contributed by atoms with Crippen LogP contribution in [0.1, 0.15) is 11.1 Å². The molecule has 0 fully saturated rings. The second-order valence-electron chi connectivity index (χ2n) is 3.98. The number of rotatable bonds is 2. The van der Waals surface area contributed by atoms with Crippen molar-refractivity contribution in [2.24, 2.45) is 0 Å². The summed E-state index contributed by atoms with van der Waals surface area (Å²) in [6.45, 7) is 4.10. The van der Waals surface area contributed by atoms with Gasteiger partial charge >= 0.3 is 0 Å². The van der Waals surface area contributed by atoms with Crippen LogP contribution in [0.4, 0.5) is 0 Å². The van der Waals surface area contributed by atoms with E-state index < -0.39 is 9.04 Å². The lowest BCUT2D eigenvalue weighted by Gasteiger charge is -2.13. The van der Waals surface area contributed by atoms with Crippen LogP contribution in [0.15, 0.2) is 48.5 Å². The highest BCUT2D eigenvalue weighted by Crippen LogP contribution is 1.99. The van der Waals surface area contributed by atoms with E-state index in [1.807, 2.05) is 36.4 Å². The van der Waals surface area contributed by atoms with Crippen LogP contribution in [0.5, 0.6) is 0 Å². The maximum absolute atomic E-state index is 10.5. The van der Waals surface area contributed by atoms with Crippen molar-refractivity contribution >= 4 is 19.4 Å². The molecule has 0 aliphatic carbocycles. The lowest BCUT2D eigenvalue weighted by Crippen LogP contribution is -2.44. The zero-order valence-corrected chi connectivity index (χ0v) is 10.6. The Balaban J connectivity index is 2.44. The van der Waals surface area contributed by atoms with Gasteiger partial charge in [0.25, 0.3) is 9.04 Å². The third kappa shape index (κ3) is 2.08. The smallest absolute Gasteiger partial charge is 0.280 e. The largest absolute Gasteiger partial charge is 0.424 e. The van der Waals surface area contributed by atoms with Crippen molar-refractivity contribution in [2.45, 2.75) is 13.8 Å². The molecule has 1 N–H and O–H groups in total. The molecule has 2 heteroatoms. The molecule has 0 aromatic heterocycles. The van der Waals surface area contributed by atoms with Crippen molar-refractivity contribution in [1.82, 2.24) is 0 Å². The Labute approximate surface area is 98.1 Å². The summed E-state index contributed by atoms with van der Waals surface area (Å²) < 4.78 is 0. The molecule has 16 heavy (non-hydrogen) atoms. The van der Waals surface area contributed by atoms with Gasteiger partial charge in [-0.05, 0) is 35.3 Å². The topological polar surface area (TPSA) is 20.2 Å². The molecule has 0 heterocycles. The Morgan fingerprint density at radius 1 is 0.750 bits per heavy atom. The standard InChI is InChI=1S/C14H15OSi/c1-11-7-3-5-9-13(11)16(15)14-10-6-4-8-12(14)2/h3-10,15H,1-2H3. The average Bonchev–Trinajstić information content (AvgIpc) is 2.29. The molecule has 0 atom stereocenters. The molecule has 0 aliphatic heterocycles. The summed E-state index contributed by atoms with van der Waals surface area (Å²) in [5.74, 6) is 0. The molecule has 0 spiro atoms. The number of hydrogen-bond donors (Lipinski definition) is 1. The van der Waals surface area contributed by atoms with E-state index >= 15 is 0 Å². The van der Waals surface area contributed by atoms with E-state index in [-0.39, 0.29) is 0 Å². The highest BCUT2D eigenvalue weighted by Gasteiger charge is 2.17. The average molecular weight is 227 g/mol. The van der Waals surface area contributed by atoms with Crippen LogP contribution in [-0.2, 0) is 0 Å². The monoisotopic (exact) mass is 227 g/mol. The molecule has 0 amide bonds. The molecule has 0 bridgehead atoms. The number of aryl methyl sites for hydroxylation is 2. The summed E-state index contributed by atoms with van der Waals surface area (Å²) in [5.41, 5.74) is 2.34. The van der Waals surface area contributed by atoms with Crippen LogP contribution in [0, 0.1) is 13.8 Å². The van der Waals surface area contributed by atoms with Gasteiger partial charge in [0.05, 0.1) is 0 Å². The molecule has 1 nitrogen and oxygen atoms in total. The molecule has 0 saturated carbocycles. The van der Waals surface area contributed by atoms with E-state index in [4.69, 9.17) is 0 Å². The Hall–Kier alpha value is -1.38. The van der Waals surface area contributed by atoms with E-state index in [2.05, 4.69) is 26.0 Å². The molecule has 81 valence electrons. The fourth-order valence-electron chi connectivity index (χ4n) is 1.82. The molecule has 0 aliphatic rings. The first kappa shape index (κ1) is 11.1. The van der Waals surface area contributed by atoms with E-state index in [1.54, 1.807) is 0 Å². The van der Waals surface area contributed by atoms with Gasteiger partial charge in [-0.1, -0.05) is 48.5 Å². The fraction of sp³-hybridized carbons (Fsp3) is 0.143. The Morgan fingerprint density at radius 2 is 1.12 bits per heavy atom. The predicted octanol–water partition coefficient (Wildman–Crippen LogP) is 1.40. The first-order valence-corrected chi connectivity index (χ1v) is 6.83. The van der Waals surface area contributed by atoms with E-state index in [1.165, 1.54) is 11.1 Å². The molecule has 2 aromatic rings. The summed E-state index contributed by atoms with van der Waals surface area (Å²) in [6, 6.07) is 16.1. The van der Waals surface area contributed by atoms with Gasteiger partial charge < -0.3 is 4.80 Å². The van der Waals surface area contributed by atoms with Gasteiger partial charge in [-0.25, -0.2) is 0 Å². The Morgan fingerprint density at radius 3 is 1.50 bits per heavy atom. The fourth-order valence-corrected chi connectivity index (χ4v) is 3.53. The quantitative estimate of drug-likeness (QED) is 0.769. The van der Waals surface area contributed by atoms with Gasteiger partial charge in [-0.3, -0.25) is 0 Å². The lowest BCUT2D eigenvalue weighted by molar-refractivity contribution is 0.599. The second kappa shape index (κ2) is 4.64. The van der Waals surface area contributed by atoms with Gasteiger partial charge in [0.1, 0.15) is 0 Å². The minimum atomic E-state index is -1.60. The minimum Gasteiger partial charge on any atom is -0.424 e. The van der Waals surface area contributed by atoms with Crippen LogP contribution in [0.25, 0.3) is 0 Å². The highest BCUT2D eigenvalue weighted by molar-refractivity contribution is 6.79. The molecular formula is C14H15OSi. The van der Waals surface area contributed by atoms with Gasteiger partial charge in [0, 0.05) is 0 Å². The first-order chi connectivity index (χ1) is 7.70. The molecule has 2 rings (SSSR count). The maximum atomic E-state index is 10.5. The van der Waals surface area contributed by atoms with Gasteiger partial charge in [-0.15, -0.1) is 0 Å². The third-order valence-electron chi connectivity index (χ3n) is 2.80. The molecule has 1 radical (unpaired) electrons. The SMILES string of the molecule is Cc1ccccc1[Si](O)c1ccccc1C. The molecule has 0 unspecified atom stereocenters. The van der Waals surface area contributed by atoms with Crippen molar-refractivity contribution in [2.75, 3.05) is 0 Å². The summed E-state index contributed by atoms with van der Waals surface area (Å²) in [5, 5.41) is 2.17. The van der Waals surface area contributed by atoms with Gasteiger partial charge in [-0.2, -0.15) is 0 Å². The van der Waals surface area contributed by atoms with Crippen molar-refractivity contribution < 1.29 is 4.80 Å². The normalized spacial score (nSPS) is 10.8. The van der Waals surface area contributed by atoms with E-state index in [0.29, 0.717) is 0 Å². The van der Waals surface area contributed by atoms with Crippen LogP contribution in [0.2, 0.25) is 0 Å². The molecule has 2 aromatic carbocycles. The Kier molecular flexibility index (Phi) is 3.22. The van der Waals surface area contributed by atoms with E-state index in [9.17, 15) is 4.80 Å². The van der Waals surface area contributed by atoms with Crippen molar-refractivity contribution in [1.29, 1.82) is 0 Å². The van der Waals surface area contributed by atoms with Crippen LogP contribution in [0.3, 0.4) is 0 Å². The summed E-state index contributed by atoms with van der Waals surface area (Å²) in [4.78, 5) is 10.5. The highest BCUT2D eigenvalue weighted by atomic mass is 28.3. The zero-order chi connectivity index (χ0) is 11.5. The molecule has 0 saturated heterocycles. The lowest BCUT2D eigenvalue weighted by atomic mass is 10.2. The third-order valence-corrected chi connectivity index (χ3v) is 4.94. The van der Waals surface area contributed by atoms with Crippen LogP contribution in [-0.4, -0.2) is 13.8 Å². The maximum Gasteiger partial charge on any atom is 0.280 e. The van der Waals surface area contributed by atoms with Crippen molar-refractivity contribution in [3.8, 4) is 0 Å². The summed E-state index contributed by atoms with van der Waals surface area (Å²) in [6.07, 6.45) is 0. The van der Waals surface area contributed by atoms with Crippen molar-refractivity contribution in [3.05, 3.63) is 59.7 Å².